The summed E-state index contributed by atoms with van der Waals surface area (Å²) in [6, 6.07) is 0.259. The van der Waals surface area contributed by atoms with Crippen molar-refractivity contribution < 1.29 is 0 Å². The van der Waals surface area contributed by atoms with E-state index in [9.17, 15) is 0 Å². The number of hydrogen-bond donors (Lipinski definition) is 2. The van der Waals surface area contributed by atoms with Crippen LogP contribution in [-0.4, -0.2) is 27.9 Å². The van der Waals surface area contributed by atoms with Crippen LogP contribution in [-0.2, 0) is 0 Å². The Balaban J connectivity index is 2.50. The number of likely N-dealkylation sites (N-methyl/N-ethyl adjacent to an activating group) is 1. The summed E-state index contributed by atoms with van der Waals surface area (Å²) in [7, 11) is 1.94. The smallest absolute Gasteiger partial charge is 0.244 e. The fraction of sp³-hybridized carbons (Fsp3) is 0.636. The molecule has 1 aliphatic rings. The van der Waals surface area contributed by atoms with Crippen LogP contribution in [0.3, 0.4) is 0 Å². The Morgan fingerprint density at radius 3 is 2.82 bits per heavy atom. The lowest BCUT2D eigenvalue weighted by molar-refractivity contribution is 0.665. The molecular weight excluding hydrogens is 238 g/mol. The Morgan fingerprint density at radius 1 is 1.47 bits per heavy atom. The van der Waals surface area contributed by atoms with E-state index in [1.807, 2.05) is 11.7 Å². The molecule has 1 aromatic heterocycles. The van der Waals surface area contributed by atoms with Crippen LogP contribution < -0.4 is 10.6 Å². The van der Waals surface area contributed by atoms with Gasteiger partial charge >= 0.3 is 0 Å². The maximum absolute atomic E-state index is 5.87. The maximum Gasteiger partial charge on any atom is 0.244 e. The number of anilines is 1. The topological polar surface area (TPSA) is 54.8 Å². The zero-order chi connectivity index (χ0) is 12.4. The van der Waals surface area contributed by atoms with E-state index in [-0.39, 0.29) is 11.3 Å². The Kier molecular flexibility index (Phi) is 3.57. The number of nitrogens with one attached hydrogen (secondary N) is 2. The van der Waals surface area contributed by atoms with Gasteiger partial charge in [-0.3, -0.25) is 0 Å². The predicted molar refractivity (Wildman–Crippen MR) is 69.9 cm³/mol. The van der Waals surface area contributed by atoms with Gasteiger partial charge in [0.1, 0.15) is 0 Å². The Bertz CT molecular complexity index is 437. The van der Waals surface area contributed by atoms with E-state index in [2.05, 4.69) is 34.6 Å². The summed E-state index contributed by atoms with van der Waals surface area (Å²) in [5, 5.41) is 11.1. The highest BCUT2D eigenvalue weighted by Gasteiger charge is 2.26. The summed E-state index contributed by atoms with van der Waals surface area (Å²) >= 11 is 5.87. The van der Waals surface area contributed by atoms with Gasteiger partial charge in [-0.1, -0.05) is 20.3 Å². The Morgan fingerprint density at radius 2 is 2.24 bits per heavy atom. The van der Waals surface area contributed by atoms with Crippen molar-refractivity contribution in [1.82, 2.24) is 20.1 Å². The second-order valence-electron chi connectivity index (χ2n) is 4.08. The summed E-state index contributed by atoms with van der Waals surface area (Å²) < 4.78 is 1.81. The van der Waals surface area contributed by atoms with Crippen LogP contribution in [0.4, 0.5) is 5.95 Å². The highest BCUT2D eigenvalue weighted by atomic mass is 35.5. The van der Waals surface area contributed by atoms with E-state index in [4.69, 9.17) is 11.6 Å². The molecule has 0 saturated carbocycles. The molecule has 2 N–H and O–H groups in total. The third-order valence-electron chi connectivity index (χ3n) is 2.96. The maximum atomic E-state index is 5.87. The highest BCUT2D eigenvalue weighted by Crippen LogP contribution is 2.29. The van der Waals surface area contributed by atoms with Crippen molar-refractivity contribution in [2.75, 3.05) is 12.4 Å². The molecule has 0 bridgehead atoms. The molecule has 17 heavy (non-hydrogen) atoms. The lowest BCUT2D eigenvalue weighted by atomic mass is 10.1. The van der Waals surface area contributed by atoms with Gasteiger partial charge in [0.2, 0.25) is 11.2 Å². The molecule has 0 radical (unpaired) electrons. The minimum absolute atomic E-state index is 0.259. The first-order chi connectivity index (χ1) is 8.21. The first-order valence-corrected chi connectivity index (χ1v) is 6.39. The van der Waals surface area contributed by atoms with Crippen molar-refractivity contribution in [3.05, 3.63) is 11.0 Å². The van der Waals surface area contributed by atoms with E-state index < -0.39 is 0 Å². The number of fused-ring (bicyclic) bond motifs is 1. The van der Waals surface area contributed by atoms with Crippen molar-refractivity contribution >= 4 is 23.2 Å². The number of aromatic nitrogens is 3. The van der Waals surface area contributed by atoms with Crippen LogP contribution >= 0.6 is 11.6 Å². The molecule has 0 saturated heterocycles. The van der Waals surface area contributed by atoms with Crippen LogP contribution in [0.15, 0.2) is 5.70 Å². The van der Waals surface area contributed by atoms with E-state index in [0.29, 0.717) is 0 Å². The third-order valence-corrected chi connectivity index (χ3v) is 3.12. The van der Waals surface area contributed by atoms with Crippen molar-refractivity contribution in [2.24, 2.45) is 0 Å². The van der Waals surface area contributed by atoms with Crippen LogP contribution in [0.2, 0.25) is 5.28 Å². The monoisotopic (exact) mass is 255 g/mol. The van der Waals surface area contributed by atoms with Crippen molar-refractivity contribution in [3.8, 4) is 0 Å². The number of nitrogens with zero attached hydrogens (tertiary/aromatic N) is 3. The van der Waals surface area contributed by atoms with E-state index in [1.54, 1.807) is 0 Å². The molecule has 2 heterocycles. The SMILES string of the molecule is CCCC1=C(NC)C(CC)Nc2nc(Cl)nn21. The van der Waals surface area contributed by atoms with Crippen molar-refractivity contribution in [3.63, 3.8) is 0 Å². The van der Waals surface area contributed by atoms with Crippen LogP contribution in [0.1, 0.15) is 33.1 Å². The second-order valence-corrected chi connectivity index (χ2v) is 4.42. The minimum Gasteiger partial charge on any atom is -0.388 e. The molecule has 0 fully saturated rings. The molecule has 0 amide bonds. The van der Waals surface area contributed by atoms with E-state index >= 15 is 0 Å². The first-order valence-electron chi connectivity index (χ1n) is 6.01. The molecule has 0 aromatic carbocycles. The zero-order valence-corrected chi connectivity index (χ0v) is 11.2. The summed E-state index contributed by atoms with van der Waals surface area (Å²) in [6.45, 7) is 4.30. The molecule has 0 aliphatic carbocycles. The Labute approximate surface area is 106 Å². The molecule has 1 aliphatic heterocycles. The average molecular weight is 256 g/mol. The summed E-state index contributed by atoms with van der Waals surface area (Å²) in [6.07, 6.45) is 3.02. The lowest BCUT2D eigenvalue weighted by Crippen LogP contribution is -2.35. The Hall–Kier alpha value is -1.23. The van der Waals surface area contributed by atoms with Gasteiger partial charge in [-0.2, -0.15) is 9.67 Å². The van der Waals surface area contributed by atoms with Crippen molar-refractivity contribution in [2.45, 2.75) is 39.2 Å². The van der Waals surface area contributed by atoms with Gasteiger partial charge in [0, 0.05) is 7.05 Å². The number of allylic oxidation sites excluding steroid dienone is 1. The second kappa shape index (κ2) is 4.96. The highest BCUT2D eigenvalue weighted by molar-refractivity contribution is 6.28. The summed E-state index contributed by atoms with van der Waals surface area (Å²) in [4.78, 5) is 4.19. The number of halogens is 1. The van der Waals surface area contributed by atoms with Gasteiger partial charge in [-0.05, 0) is 24.4 Å². The fourth-order valence-corrected chi connectivity index (χ4v) is 2.37. The predicted octanol–water partition coefficient (Wildman–Crippen LogP) is 2.32. The first kappa shape index (κ1) is 12.2. The van der Waals surface area contributed by atoms with E-state index in [0.717, 1.165) is 30.9 Å². The third kappa shape index (κ3) is 2.11. The lowest BCUT2D eigenvalue weighted by Gasteiger charge is -2.29. The number of hydrogen-bond acceptors (Lipinski definition) is 4. The van der Waals surface area contributed by atoms with Crippen molar-refractivity contribution in [1.29, 1.82) is 0 Å². The molecule has 1 aromatic rings. The summed E-state index contributed by atoms with van der Waals surface area (Å²) in [5.41, 5.74) is 2.35. The largest absolute Gasteiger partial charge is 0.388 e. The molecule has 6 heteroatoms. The zero-order valence-electron chi connectivity index (χ0n) is 10.4. The van der Waals surface area contributed by atoms with Gasteiger partial charge in [-0.15, -0.1) is 5.10 Å². The van der Waals surface area contributed by atoms with Crippen LogP contribution in [0.5, 0.6) is 0 Å². The van der Waals surface area contributed by atoms with Gasteiger partial charge < -0.3 is 10.6 Å². The van der Waals surface area contributed by atoms with Crippen LogP contribution in [0.25, 0.3) is 5.70 Å². The molecule has 94 valence electrons. The normalized spacial score (nSPS) is 18.9. The molecule has 1 unspecified atom stereocenters. The summed E-state index contributed by atoms with van der Waals surface area (Å²) in [5.74, 6) is 0.740. The average Bonchev–Trinajstić information content (AvgIpc) is 2.69. The van der Waals surface area contributed by atoms with E-state index in [1.165, 1.54) is 5.70 Å². The van der Waals surface area contributed by atoms with Gasteiger partial charge in [-0.25, -0.2) is 0 Å². The molecule has 0 spiro atoms. The molecular formula is C11H18ClN5. The van der Waals surface area contributed by atoms with Gasteiger partial charge in [0.15, 0.2) is 0 Å². The van der Waals surface area contributed by atoms with Gasteiger partial charge in [0.25, 0.3) is 0 Å². The van der Waals surface area contributed by atoms with Crippen LogP contribution in [0, 0.1) is 0 Å². The molecule has 2 rings (SSSR count). The fourth-order valence-electron chi connectivity index (χ4n) is 2.21. The number of rotatable bonds is 4. The van der Waals surface area contributed by atoms with Gasteiger partial charge in [0.05, 0.1) is 17.4 Å². The quantitative estimate of drug-likeness (QED) is 0.867. The molecule has 5 nitrogen and oxygen atoms in total. The molecule has 1 atom stereocenters. The minimum atomic E-state index is 0.259. The standard InChI is InChI=1S/C11H18ClN5/c1-4-6-8-9(13-3)7(5-2)14-11-15-10(12)16-17(8)11/h7,13H,4-6H2,1-3H3,(H,14,15,16).